The number of halogens is 1. The molecule has 1 aliphatic rings. The van der Waals surface area contributed by atoms with Crippen molar-refractivity contribution in [3.05, 3.63) is 29.8 Å². The highest BCUT2D eigenvalue weighted by molar-refractivity contribution is 5.97. The van der Waals surface area contributed by atoms with Crippen LogP contribution in [0.15, 0.2) is 24.3 Å². The van der Waals surface area contributed by atoms with Crippen molar-refractivity contribution in [1.29, 1.82) is 0 Å². The van der Waals surface area contributed by atoms with Crippen molar-refractivity contribution in [3.63, 3.8) is 0 Å². The van der Waals surface area contributed by atoms with Gasteiger partial charge in [-0.2, -0.15) is 0 Å². The lowest BCUT2D eigenvalue weighted by molar-refractivity contribution is 0.0690. The molecule has 1 aliphatic heterocycles. The molecule has 1 aromatic carbocycles. The van der Waals surface area contributed by atoms with E-state index in [0.29, 0.717) is 17.2 Å². The Bertz CT molecular complexity index is 587. The van der Waals surface area contributed by atoms with Crippen molar-refractivity contribution in [3.8, 4) is 0 Å². The van der Waals surface area contributed by atoms with Crippen LogP contribution in [0, 0.1) is 5.92 Å². The minimum Gasteiger partial charge on any atom is -0.339 e. The minimum atomic E-state index is -0.260. The van der Waals surface area contributed by atoms with Gasteiger partial charge in [0.15, 0.2) is 0 Å². The fourth-order valence-corrected chi connectivity index (χ4v) is 3.03. The fraction of sp³-hybridized carbons (Fsp3) is 0.579. The van der Waals surface area contributed by atoms with Gasteiger partial charge in [-0.05, 0) is 63.9 Å². The zero-order valence-electron chi connectivity index (χ0n) is 15.9. The first-order valence-corrected chi connectivity index (χ1v) is 9.17. The molecule has 0 aliphatic carbocycles. The molecule has 7 heteroatoms. The number of hydrogen-bond acceptors (Lipinski definition) is 3. The summed E-state index contributed by atoms with van der Waals surface area (Å²) in [5.74, 6) is 0.687. The summed E-state index contributed by atoms with van der Waals surface area (Å²) in [5, 5.41) is 8.93. The van der Waals surface area contributed by atoms with Crippen molar-refractivity contribution in [2.75, 3.05) is 31.5 Å². The van der Waals surface area contributed by atoms with Gasteiger partial charge >= 0.3 is 6.03 Å². The lowest BCUT2D eigenvalue weighted by Crippen LogP contribution is -2.40. The first-order valence-electron chi connectivity index (χ1n) is 9.17. The van der Waals surface area contributed by atoms with Gasteiger partial charge in [0.2, 0.25) is 0 Å². The maximum absolute atomic E-state index is 12.7. The number of amides is 3. The molecule has 0 atom stereocenters. The summed E-state index contributed by atoms with van der Waals surface area (Å²) in [6.07, 6.45) is 2.07. The summed E-state index contributed by atoms with van der Waals surface area (Å²) in [4.78, 5) is 26.4. The third kappa shape index (κ3) is 6.84. The predicted molar refractivity (Wildman–Crippen MR) is 108 cm³/mol. The van der Waals surface area contributed by atoms with Crippen LogP contribution in [0.25, 0.3) is 0 Å². The minimum absolute atomic E-state index is 0. The molecule has 3 amide bonds. The van der Waals surface area contributed by atoms with Crippen molar-refractivity contribution in [2.24, 2.45) is 5.92 Å². The Morgan fingerprint density at radius 2 is 1.92 bits per heavy atom. The molecule has 0 spiro atoms. The van der Waals surface area contributed by atoms with Gasteiger partial charge < -0.3 is 20.9 Å². The highest BCUT2D eigenvalue weighted by Gasteiger charge is 2.23. The first kappa shape index (κ1) is 22.3. The molecule has 1 aromatic rings. The smallest absolute Gasteiger partial charge is 0.319 e. The van der Waals surface area contributed by atoms with Crippen LogP contribution < -0.4 is 16.0 Å². The zero-order valence-corrected chi connectivity index (χ0v) is 16.7. The number of anilines is 1. The Kier molecular flexibility index (Phi) is 9.44. The third-order valence-corrected chi connectivity index (χ3v) is 4.37. The van der Waals surface area contributed by atoms with Crippen LogP contribution in [0.5, 0.6) is 0 Å². The van der Waals surface area contributed by atoms with Gasteiger partial charge in [0.1, 0.15) is 0 Å². The van der Waals surface area contributed by atoms with E-state index in [-0.39, 0.29) is 30.4 Å². The highest BCUT2D eigenvalue weighted by Crippen LogP contribution is 2.20. The van der Waals surface area contributed by atoms with E-state index in [9.17, 15) is 9.59 Å². The molecule has 0 aromatic heterocycles. The number of likely N-dealkylation sites (tertiary alicyclic amines) is 1. The number of nitrogens with zero attached hydrogens (tertiary/aromatic N) is 1. The second-order valence-electron chi connectivity index (χ2n) is 6.88. The van der Waals surface area contributed by atoms with E-state index in [1.54, 1.807) is 24.3 Å². The molecule has 0 unspecified atom stereocenters. The lowest BCUT2D eigenvalue weighted by atomic mass is 9.96. The molecule has 146 valence electrons. The van der Waals surface area contributed by atoms with Gasteiger partial charge in [0.25, 0.3) is 5.91 Å². The Balaban J connectivity index is 0.00000338. The largest absolute Gasteiger partial charge is 0.339 e. The second kappa shape index (κ2) is 11.0. The monoisotopic (exact) mass is 382 g/mol. The van der Waals surface area contributed by atoms with Gasteiger partial charge in [-0.15, -0.1) is 12.4 Å². The molecule has 2 rings (SSSR count). The number of carbonyl (C=O) groups excluding carboxylic acids is 2. The van der Waals surface area contributed by atoms with Crippen LogP contribution in [0.2, 0.25) is 0 Å². The topological polar surface area (TPSA) is 73.5 Å². The molecule has 1 saturated heterocycles. The SMILES string of the molecule is CCNCC1CCN(C(=O)c2cccc(NC(=O)NC(C)C)c2)CC1.Cl. The molecule has 3 N–H and O–H groups in total. The van der Waals surface area contributed by atoms with Gasteiger partial charge in [0.05, 0.1) is 0 Å². The van der Waals surface area contributed by atoms with Crippen LogP contribution in [0.1, 0.15) is 44.0 Å². The summed E-state index contributed by atoms with van der Waals surface area (Å²) < 4.78 is 0. The standard InChI is InChI=1S/C19H30N4O2.ClH/c1-4-20-13-15-8-10-23(11-9-15)18(24)16-6-5-7-17(12-16)22-19(25)21-14(2)3;/h5-7,12,14-15,20H,4,8-11,13H2,1-3H3,(H2,21,22,25);1H. The second-order valence-corrected chi connectivity index (χ2v) is 6.88. The predicted octanol–water partition coefficient (Wildman–Crippen LogP) is 3.10. The van der Waals surface area contributed by atoms with E-state index in [1.165, 1.54) is 0 Å². The number of rotatable bonds is 6. The Morgan fingerprint density at radius 1 is 1.23 bits per heavy atom. The number of nitrogens with one attached hydrogen (secondary N) is 3. The maximum atomic E-state index is 12.7. The molecule has 0 bridgehead atoms. The average Bonchev–Trinajstić information content (AvgIpc) is 2.59. The highest BCUT2D eigenvalue weighted by atomic mass is 35.5. The molecule has 6 nitrogen and oxygen atoms in total. The molecule has 26 heavy (non-hydrogen) atoms. The average molecular weight is 383 g/mol. The Hall–Kier alpha value is -1.79. The number of benzene rings is 1. The van der Waals surface area contributed by atoms with Crippen molar-refractivity contribution in [2.45, 2.75) is 39.7 Å². The third-order valence-electron chi connectivity index (χ3n) is 4.37. The lowest BCUT2D eigenvalue weighted by Gasteiger charge is -2.32. The van der Waals surface area contributed by atoms with Crippen LogP contribution in [0.3, 0.4) is 0 Å². The summed E-state index contributed by atoms with van der Waals surface area (Å²) in [5.41, 5.74) is 1.25. The summed E-state index contributed by atoms with van der Waals surface area (Å²) in [6.45, 7) is 9.52. The van der Waals surface area contributed by atoms with Gasteiger partial charge in [0, 0.05) is 30.4 Å². The molecule has 0 saturated carbocycles. The fourth-order valence-electron chi connectivity index (χ4n) is 3.03. The summed E-state index contributed by atoms with van der Waals surface area (Å²) >= 11 is 0. The van der Waals surface area contributed by atoms with Gasteiger partial charge in [-0.25, -0.2) is 4.79 Å². The number of urea groups is 1. The van der Waals surface area contributed by atoms with E-state index >= 15 is 0 Å². The van der Waals surface area contributed by atoms with E-state index in [0.717, 1.165) is 39.0 Å². The summed E-state index contributed by atoms with van der Waals surface area (Å²) in [6, 6.07) is 6.94. The molecule has 1 fully saturated rings. The summed E-state index contributed by atoms with van der Waals surface area (Å²) in [7, 11) is 0. The van der Waals surface area contributed by atoms with Crippen LogP contribution in [-0.2, 0) is 0 Å². The number of carbonyl (C=O) groups is 2. The van der Waals surface area contributed by atoms with E-state index in [2.05, 4.69) is 22.9 Å². The van der Waals surface area contributed by atoms with Crippen molar-refractivity contribution >= 4 is 30.0 Å². The number of piperidine rings is 1. The molecule has 1 heterocycles. The van der Waals surface area contributed by atoms with Crippen molar-refractivity contribution < 1.29 is 9.59 Å². The van der Waals surface area contributed by atoms with Crippen LogP contribution in [0.4, 0.5) is 10.5 Å². The zero-order chi connectivity index (χ0) is 18.2. The van der Waals surface area contributed by atoms with E-state index < -0.39 is 0 Å². The molecule has 0 radical (unpaired) electrons. The van der Waals surface area contributed by atoms with Crippen LogP contribution in [-0.4, -0.2) is 49.1 Å². The Labute approximate surface area is 162 Å². The maximum Gasteiger partial charge on any atom is 0.319 e. The normalized spacial score (nSPS) is 14.7. The van der Waals surface area contributed by atoms with E-state index in [4.69, 9.17) is 0 Å². The van der Waals surface area contributed by atoms with Gasteiger partial charge in [-0.3, -0.25) is 4.79 Å². The molecular formula is C19H31ClN4O2. The first-order chi connectivity index (χ1) is 12.0. The Morgan fingerprint density at radius 3 is 2.54 bits per heavy atom. The quantitative estimate of drug-likeness (QED) is 0.707. The molecular weight excluding hydrogens is 352 g/mol. The van der Waals surface area contributed by atoms with Crippen LogP contribution >= 0.6 is 12.4 Å². The van der Waals surface area contributed by atoms with E-state index in [1.807, 2.05) is 18.7 Å². The number of hydrogen-bond donors (Lipinski definition) is 3. The van der Waals surface area contributed by atoms with Gasteiger partial charge in [-0.1, -0.05) is 13.0 Å². The van der Waals surface area contributed by atoms with Crippen molar-refractivity contribution in [1.82, 2.24) is 15.5 Å².